The summed E-state index contributed by atoms with van der Waals surface area (Å²) in [5, 5.41) is 14.5. The molecule has 1 fully saturated rings. The number of unbranched alkanes of at least 4 members (excludes halogenated alkanes) is 1. The van der Waals surface area contributed by atoms with Gasteiger partial charge in [0.1, 0.15) is 24.3 Å². The summed E-state index contributed by atoms with van der Waals surface area (Å²) in [5.74, 6) is -3.09. The van der Waals surface area contributed by atoms with Gasteiger partial charge in [0.15, 0.2) is 0 Å². The molecule has 0 bridgehead atoms. The second kappa shape index (κ2) is 15.9. The Morgan fingerprint density at radius 1 is 1.12 bits per heavy atom. The van der Waals surface area contributed by atoms with Gasteiger partial charge in [-0.2, -0.15) is 0 Å². The Hall–Kier alpha value is -3.54. The highest BCUT2D eigenvalue weighted by Gasteiger charge is 2.43. The van der Waals surface area contributed by atoms with E-state index in [1.54, 1.807) is 37.3 Å². The Labute approximate surface area is 234 Å². The number of rotatable bonds is 14. The topological polar surface area (TPSA) is 148 Å². The monoisotopic (exact) mass is 563 g/mol. The first kappa shape index (κ1) is 32.7. The molecule has 1 aromatic carbocycles. The molecule has 222 valence electrons. The summed E-state index contributed by atoms with van der Waals surface area (Å²) in [4.78, 5) is 66.8. The first-order valence-electron chi connectivity index (χ1n) is 13.8. The van der Waals surface area contributed by atoms with Crippen molar-refractivity contribution in [3.05, 3.63) is 35.9 Å². The number of alkyl halides is 1. The van der Waals surface area contributed by atoms with Crippen LogP contribution in [0.25, 0.3) is 0 Å². The minimum atomic E-state index is -1.34. The third-order valence-corrected chi connectivity index (χ3v) is 7.31. The van der Waals surface area contributed by atoms with Gasteiger partial charge < -0.3 is 20.4 Å². The molecule has 5 amide bonds. The molecular weight excluding hydrogens is 521 g/mol. The van der Waals surface area contributed by atoms with Crippen molar-refractivity contribution >= 4 is 29.5 Å². The smallest absolute Gasteiger partial charge is 0.265 e. The maximum atomic E-state index is 14.4. The van der Waals surface area contributed by atoms with E-state index < -0.39 is 42.0 Å². The summed E-state index contributed by atoms with van der Waals surface area (Å²) in [6, 6.07) is 5.20. The molecule has 0 radical (unpaired) electrons. The lowest BCUT2D eigenvalue weighted by atomic mass is 9.95. The molecule has 2 rings (SSSR count). The molecule has 4 N–H and O–H groups in total. The van der Waals surface area contributed by atoms with Crippen molar-refractivity contribution in [3.8, 4) is 0 Å². The molecular formula is C28H42FN5O6. The van der Waals surface area contributed by atoms with E-state index in [1.165, 1.54) is 22.3 Å². The number of amides is 5. The molecule has 11 nitrogen and oxygen atoms in total. The zero-order valence-corrected chi connectivity index (χ0v) is 23.7. The number of hydroxylamine groups is 1. The number of nitrogens with zero attached hydrogens (tertiary/aromatic N) is 2. The lowest BCUT2D eigenvalue weighted by molar-refractivity contribution is -0.148. The molecule has 1 aromatic rings. The van der Waals surface area contributed by atoms with Crippen LogP contribution in [-0.2, 0) is 19.2 Å². The van der Waals surface area contributed by atoms with Gasteiger partial charge in [0, 0.05) is 32.0 Å². The lowest BCUT2D eigenvalue weighted by Crippen LogP contribution is -2.58. The molecule has 0 saturated carbocycles. The molecule has 0 aromatic heterocycles. The van der Waals surface area contributed by atoms with Crippen LogP contribution in [0.15, 0.2) is 30.3 Å². The molecule has 1 aliphatic heterocycles. The standard InChI is InChI=1S/C28H42FN5O6/c1-5-7-13-23(35)34-17-20(29)16-22(34)28(39)33(4)24(18(3)6-2)27(38)31-21(26(37)32-40)14-15-30-25(36)19-11-9-8-10-12-19/h8-12,18,20-22,24,40H,5-7,13-17H2,1-4H3,(H,30,36)(H,31,38)(H,32,37)/t18?,20?,21-,22?,24-/m0/s1. The highest BCUT2D eigenvalue weighted by atomic mass is 19.1. The number of hydrogen-bond donors (Lipinski definition) is 4. The van der Waals surface area contributed by atoms with E-state index in [0.29, 0.717) is 18.4 Å². The summed E-state index contributed by atoms with van der Waals surface area (Å²) < 4.78 is 14.4. The molecule has 3 unspecified atom stereocenters. The van der Waals surface area contributed by atoms with Crippen LogP contribution in [0, 0.1) is 5.92 Å². The van der Waals surface area contributed by atoms with Crippen molar-refractivity contribution in [1.82, 2.24) is 25.9 Å². The van der Waals surface area contributed by atoms with Crippen LogP contribution in [0.1, 0.15) is 69.7 Å². The van der Waals surface area contributed by atoms with E-state index >= 15 is 0 Å². The fraction of sp³-hybridized carbons (Fsp3) is 0.607. The molecule has 0 aliphatic carbocycles. The molecule has 5 atom stereocenters. The number of hydrogen-bond acceptors (Lipinski definition) is 6. The molecule has 0 spiro atoms. The predicted molar refractivity (Wildman–Crippen MR) is 146 cm³/mol. The fourth-order valence-electron chi connectivity index (χ4n) is 4.80. The van der Waals surface area contributed by atoms with E-state index in [2.05, 4.69) is 10.6 Å². The van der Waals surface area contributed by atoms with E-state index in [1.807, 2.05) is 13.8 Å². The molecule has 40 heavy (non-hydrogen) atoms. The van der Waals surface area contributed by atoms with Gasteiger partial charge >= 0.3 is 0 Å². The third-order valence-electron chi connectivity index (χ3n) is 7.31. The predicted octanol–water partition coefficient (Wildman–Crippen LogP) is 1.80. The van der Waals surface area contributed by atoms with Crippen LogP contribution >= 0.6 is 0 Å². The number of benzene rings is 1. The number of carbonyl (C=O) groups is 5. The van der Waals surface area contributed by atoms with Crippen molar-refractivity contribution < 1.29 is 33.6 Å². The van der Waals surface area contributed by atoms with Crippen LogP contribution in [0.2, 0.25) is 0 Å². The summed E-state index contributed by atoms with van der Waals surface area (Å²) >= 11 is 0. The average molecular weight is 564 g/mol. The van der Waals surface area contributed by atoms with Gasteiger partial charge in [-0.3, -0.25) is 29.2 Å². The zero-order valence-electron chi connectivity index (χ0n) is 23.7. The number of nitrogens with one attached hydrogen (secondary N) is 3. The first-order chi connectivity index (χ1) is 19.0. The second-order valence-corrected chi connectivity index (χ2v) is 10.2. The fourth-order valence-corrected chi connectivity index (χ4v) is 4.80. The number of halogens is 1. The Morgan fingerprint density at radius 2 is 1.80 bits per heavy atom. The average Bonchev–Trinajstić information content (AvgIpc) is 3.36. The van der Waals surface area contributed by atoms with Crippen molar-refractivity contribution in [1.29, 1.82) is 0 Å². The molecule has 1 aliphatic rings. The summed E-state index contributed by atoms with van der Waals surface area (Å²) in [6.07, 6.45) is 0.611. The minimum Gasteiger partial charge on any atom is -0.352 e. The summed E-state index contributed by atoms with van der Waals surface area (Å²) in [6.45, 7) is 5.40. The van der Waals surface area contributed by atoms with Crippen LogP contribution in [0.3, 0.4) is 0 Å². The largest absolute Gasteiger partial charge is 0.352 e. The van der Waals surface area contributed by atoms with Gasteiger partial charge in [0.2, 0.25) is 17.7 Å². The molecule has 1 heterocycles. The zero-order chi connectivity index (χ0) is 29.8. The van der Waals surface area contributed by atoms with E-state index in [0.717, 1.165) is 6.42 Å². The highest BCUT2D eigenvalue weighted by molar-refractivity contribution is 5.95. The summed E-state index contributed by atoms with van der Waals surface area (Å²) in [5.41, 5.74) is 1.95. The van der Waals surface area contributed by atoms with E-state index in [4.69, 9.17) is 0 Å². The Balaban J connectivity index is 2.14. The third kappa shape index (κ3) is 8.73. The number of likely N-dealkylation sites (N-methyl/N-ethyl adjacent to an activating group) is 1. The maximum absolute atomic E-state index is 14.4. The number of likely N-dealkylation sites (tertiary alicyclic amines) is 1. The number of carbonyl (C=O) groups excluding carboxylic acids is 5. The van der Waals surface area contributed by atoms with Gasteiger partial charge in [0.25, 0.3) is 11.8 Å². The minimum absolute atomic E-state index is 0.0175. The van der Waals surface area contributed by atoms with Gasteiger partial charge in [-0.15, -0.1) is 0 Å². The molecule has 12 heteroatoms. The van der Waals surface area contributed by atoms with Crippen molar-refractivity contribution in [2.24, 2.45) is 5.92 Å². The SMILES string of the molecule is CCCCC(=O)N1CC(F)CC1C(=O)N(C)[C@H](C(=O)N[C@@H](CCNC(=O)c1ccccc1)C(=O)NO)C(C)CC. The molecule has 1 saturated heterocycles. The lowest BCUT2D eigenvalue weighted by Gasteiger charge is -2.35. The van der Waals surface area contributed by atoms with Crippen LogP contribution in [-0.4, -0.2) is 89.0 Å². The van der Waals surface area contributed by atoms with Crippen LogP contribution in [0.4, 0.5) is 4.39 Å². The first-order valence-corrected chi connectivity index (χ1v) is 13.8. The van der Waals surface area contributed by atoms with Crippen LogP contribution in [0.5, 0.6) is 0 Å². The van der Waals surface area contributed by atoms with Crippen molar-refractivity contribution in [2.75, 3.05) is 20.1 Å². The van der Waals surface area contributed by atoms with Gasteiger partial charge in [-0.05, 0) is 30.9 Å². The van der Waals surface area contributed by atoms with Gasteiger partial charge in [-0.1, -0.05) is 51.8 Å². The normalized spacial score (nSPS) is 18.8. The van der Waals surface area contributed by atoms with E-state index in [-0.39, 0.29) is 50.1 Å². The Morgan fingerprint density at radius 3 is 2.40 bits per heavy atom. The quantitative estimate of drug-likeness (QED) is 0.200. The Kier molecular flexibility index (Phi) is 13.0. The van der Waals surface area contributed by atoms with Crippen molar-refractivity contribution in [2.45, 2.75) is 83.6 Å². The maximum Gasteiger partial charge on any atom is 0.265 e. The second-order valence-electron chi connectivity index (χ2n) is 10.2. The van der Waals surface area contributed by atoms with Crippen LogP contribution < -0.4 is 16.1 Å². The van der Waals surface area contributed by atoms with Gasteiger partial charge in [-0.25, -0.2) is 9.87 Å². The van der Waals surface area contributed by atoms with E-state index in [9.17, 15) is 33.6 Å². The van der Waals surface area contributed by atoms with Gasteiger partial charge in [0.05, 0.1) is 6.54 Å². The summed E-state index contributed by atoms with van der Waals surface area (Å²) in [7, 11) is 1.43. The Bertz CT molecular complexity index is 1030. The highest BCUT2D eigenvalue weighted by Crippen LogP contribution is 2.25. The van der Waals surface area contributed by atoms with Crippen molar-refractivity contribution in [3.63, 3.8) is 0 Å².